The average Bonchev–Trinajstić information content (AvgIpc) is 2.45. The number of aryl methyl sites for hydroxylation is 1. The second-order valence-electron chi connectivity index (χ2n) is 4.90. The van der Waals surface area contributed by atoms with Crippen LogP contribution in [0.2, 0.25) is 0 Å². The Morgan fingerprint density at radius 3 is 2.42 bits per heavy atom. The number of para-hydroxylation sites is 1. The predicted molar refractivity (Wildman–Crippen MR) is 79.2 cm³/mol. The summed E-state index contributed by atoms with van der Waals surface area (Å²) in [4.78, 5) is 0. The number of nitrogens with two attached hydrogens (primary N) is 1. The lowest BCUT2D eigenvalue weighted by atomic mass is 10.1. The van der Waals surface area contributed by atoms with E-state index in [1.807, 2.05) is 43.3 Å². The molecule has 100 valence electrons. The monoisotopic (exact) mass is 255 g/mol. The Labute approximate surface area is 115 Å². The van der Waals surface area contributed by atoms with Gasteiger partial charge in [-0.2, -0.15) is 0 Å². The third-order valence-electron chi connectivity index (χ3n) is 3.08. The SMILES string of the molecule is CC(N)CCc1ccccc1OCc1ccccc1. The maximum absolute atomic E-state index is 5.91. The van der Waals surface area contributed by atoms with Crippen molar-refractivity contribution in [3.8, 4) is 5.75 Å². The molecule has 19 heavy (non-hydrogen) atoms. The van der Waals surface area contributed by atoms with Gasteiger partial charge in [-0.05, 0) is 37.0 Å². The first kappa shape index (κ1) is 13.6. The van der Waals surface area contributed by atoms with E-state index in [1.54, 1.807) is 0 Å². The van der Waals surface area contributed by atoms with Crippen molar-refractivity contribution in [3.05, 3.63) is 65.7 Å². The van der Waals surface area contributed by atoms with Crippen LogP contribution in [0.15, 0.2) is 54.6 Å². The van der Waals surface area contributed by atoms with Crippen LogP contribution in [0.4, 0.5) is 0 Å². The third kappa shape index (κ3) is 4.42. The van der Waals surface area contributed by atoms with E-state index in [1.165, 1.54) is 11.1 Å². The normalized spacial score (nSPS) is 12.1. The molecule has 0 aliphatic heterocycles. The van der Waals surface area contributed by atoms with Crippen LogP contribution in [-0.2, 0) is 13.0 Å². The Morgan fingerprint density at radius 2 is 1.68 bits per heavy atom. The van der Waals surface area contributed by atoms with Gasteiger partial charge >= 0.3 is 0 Å². The molecule has 2 aromatic rings. The van der Waals surface area contributed by atoms with Crippen LogP contribution >= 0.6 is 0 Å². The van der Waals surface area contributed by atoms with Gasteiger partial charge in [-0.3, -0.25) is 0 Å². The average molecular weight is 255 g/mol. The van der Waals surface area contributed by atoms with Crippen LogP contribution in [0.1, 0.15) is 24.5 Å². The summed E-state index contributed by atoms with van der Waals surface area (Å²) in [5.74, 6) is 0.965. The molecule has 2 aromatic carbocycles. The minimum absolute atomic E-state index is 0.224. The quantitative estimate of drug-likeness (QED) is 0.856. The van der Waals surface area contributed by atoms with E-state index in [4.69, 9.17) is 10.5 Å². The van der Waals surface area contributed by atoms with Gasteiger partial charge in [0.05, 0.1) is 0 Å². The van der Waals surface area contributed by atoms with E-state index in [-0.39, 0.29) is 6.04 Å². The number of rotatable bonds is 6. The Bertz CT molecular complexity index is 494. The van der Waals surface area contributed by atoms with Gasteiger partial charge in [0.25, 0.3) is 0 Å². The molecule has 0 radical (unpaired) electrons. The molecule has 1 unspecified atom stereocenters. The Balaban J connectivity index is 1.99. The van der Waals surface area contributed by atoms with Crippen LogP contribution in [-0.4, -0.2) is 6.04 Å². The molecule has 2 heteroatoms. The van der Waals surface area contributed by atoms with Crippen LogP contribution in [0.5, 0.6) is 5.75 Å². The summed E-state index contributed by atoms with van der Waals surface area (Å²) >= 11 is 0. The summed E-state index contributed by atoms with van der Waals surface area (Å²) in [6, 6.07) is 18.6. The van der Waals surface area contributed by atoms with E-state index < -0.39 is 0 Å². The van der Waals surface area contributed by atoms with Gasteiger partial charge in [0, 0.05) is 6.04 Å². The first-order valence-electron chi connectivity index (χ1n) is 6.76. The fourth-order valence-corrected chi connectivity index (χ4v) is 1.97. The van der Waals surface area contributed by atoms with Crippen LogP contribution < -0.4 is 10.5 Å². The fraction of sp³-hybridized carbons (Fsp3) is 0.294. The second-order valence-corrected chi connectivity index (χ2v) is 4.90. The topological polar surface area (TPSA) is 35.2 Å². The van der Waals surface area contributed by atoms with Crippen molar-refractivity contribution in [1.29, 1.82) is 0 Å². The molecule has 0 saturated heterocycles. The van der Waals surface area contributed by atoms with E-state index >= 15 is 0 Å². The molecule has 0 bridgehead atoms. The largest absolute Gasteiger partial charge is 0.489 e. The van der Waals surface area contributed by atoms with Gasteiger partial charge in [0.1, 0.15) is 12.4 Å². The number of hydrogen-bond donors (Lipinski definition) is 1. The van der Waals surface area contributed by atoms with Crippen molar-refractivity contribution in [1.82, 2.24) is 0 Å². The molecule has 0 spiro atoms. The standard InChI is InChI=1S/C17H21NO/c1-14(18)11-12-16-9-5-6-10-17(16)19-13-15-7-3-2-4-8-15/h2-10,14H,11-13,18H2,1H3. The Hall–Kier alpha value is -1.80. The first-order chi connectivity index (χ1) is 9.25. The molecule has 0 saturated carbocycles. The van der Waals surface area contributed by atoms with Crippen LogP contribution in [0, 0.1) is 0 Å². The third-order valence-corrected chi connectivity index (χ3v) is 3.08. The lowest BCUT2D eigenvalue weighted by Gasteiger charge is -2.12. The smallest absolute Gasteiger partial charge is 0.122 e. The summed E-state index contributed by atoms with van der Waals surface area (Å²) in [7, 11) is 0. The maximum Gasteiger partial charge on any atom is 0.122 e. The summed E-state index contributed by atoms with van der Waals surface area (Å²) in [5, 5.41) is 0. The Morgan fingerprint density at radius 1 is 1.00 bits per heavy atom. The summed E-state index contributed by atoms with van der Waals surface area (Å²) in [6.07, 6.45) is 1.94. The zero-order valence-corrected chi connectivity index (χ0v) is 11.4. The number of ether oxygens (including phenoxy) is 1. The molecular formula is C17H21NO. The molecule has 2 rings (SSSR count). The highest BCUT2D eigenvalue weighted by Gasteiger charge is 2.04. The highest BCUT2D eigenvalue weighted by atomic mass is 16.5. The van der Waals surface area contributed by atoms with Gasteiger partial charge in [0.2, 0.25) is 0 Å². The molecule has 0 amide bonds. The molecule has 2 nitrogen and oxygen atoms in total. The Kier molecular flexibility index (Phi) is 4.99. The molecule has 1 atom stereocenters. The zero-order chi connectivity index (χ0) is 13.5. The highest BCUT2D eigenvalue weighted by Crippen LogP contribution is 2.21. The second kappa shape index (κ2) is 6.95. The van der Waals surface area contributed by atoms with Crippen molar-refractivity contribution in [2.45, 2.75) is 32.4 Å². The van der Waals surface area contributed by atoms with Crippen molar-refractivity contribution in [2.24, 2.45) is 5.73 Å². The molecule has 0 fully saturated rings. The van der Waals surface area contributed by atoms with Crippen LogP contribution in [0.3, 0.4) is 0 Å². The van der Waals surface area contributed by atoms with Crippen molar-refractivity contribution < 1.29 is 4.74 Å². The van der Waals surface area contributed by atoms with Gasteiger partial charge in [0.15, 0.2) is 0 Å². The fourth-order valence-electron chi connectivity index (χ4n) is 1.97. The molecule has 0 aliphatic carbocycles. The van der Waals surface area contributed by atoms with Crippen LogP contribution in [0.25, 0.3) is 0 Å². The highest BCUT2D eigenvalue weighted by molar-refractivity contribution is 5.33. The van der Waals surface area contributed by atoms with Crippen molar-refractivity contribution in [2.75, 3.05) is 0 Å². The van der Waals surface area contributed by atoms with Gasteiger partial charge < -0.3 is 10.5 Å². The predicted octanol–water partition coefficient (Wildman–Crippen LogP) is 3.55. The number of benzene rings is 2. The van der Waals surface area contributed by atoms with Gasteiger partial charge in [-0.25, -0.2) is 0 Å². The molecule has 2 N–H and O–H groups in total. The van der Waals surface area contributed by atoms with Crippen molar-refractivity contribution >= 4 is 0 Å². The minimum atomic E-state index is 0.224. The van der Waals surface area contributed by atoms with Gasteiger partial charge in [-0.15, -0.1) is 0 Å². The van der Waals surface area contributed by atoms with Gasteiger partial charge in [-0.1, -0.05) is 48.5 Å². The molecular weight excluding hydrogens is 234 g/mol. The molecule has 0 heterocycles. The van der Waals surface area contributed by atoms with E-state index in [9.17, 15) is 0 Å². The van der Waals surface area contributed by atoms with E-state index in [0.717, 1.165) is 18.6 Å². The zero-order valence-electron chi connectivity index (χ0n) is 11.4. The summed E-state index contributed by atoms with van der Waals surface area (Å²) < 4.78 is 5.91. The molecule has 0 aromatic heterocycles. The lowest BCUT2D eigenvalue weighted by molar-refractivity contribution is 0.302. The first-order valence-corrected chi connectivity index (χ1v) is 6.76. The molecule has 0 aliphatic rings. The van der Waals surface area contributed by atoms with E-state index in [2.05, 4.69) is 18.2 Å². The minimum Gasteiger partial charge on any atom is -0.489 e. The van der Waals surface area contributed by atoms with E-state index in [0.29, 0.717) is 6.61 Å². The van der Waals surface area contributed by atoms with Crippen molar-refractivity contribution in [3.63, 3.8) is 0 Å². The maximum atomic E-state index is 5.91. The summed E-state index contributed by atoms with van der Waals surface area (Å²) in [5.41, 5.74) is 8.23. The number of hydrogen-bond acceptors (Lipinski definition) is 2. The lowest BCUT2D eigenvalue weighted by Crippen LogP contribution is -2.15. The summed E-state index contributed by atoms with van der Waals surface area (Å²) in [6.45, 7) is 2.64.